The summed E-state index contributed by atoms with van der Waals surface area (Å²) in [5.74, 6) is 5.27. The van der Waals surface area contributed by atoms with Crippen LogP contribution in [0.3, 0.4) is 0 Å². The first-order valence-electron chi connectivity index (χ1n) is 11.5. The van der Waals surface area contributed by atoms with E-state index in [2.05, 4.69) is 27.4 Å². The van der Waals surface area contributed by atoms with Crippen LogP contribution in [-0.2, 0) is 12.7 Å². The highest BCUT2D eigenvalue weighted by Gasteiger charge is 2.34. The minimum absolute atomic E-state index is 0.0688. The fourth-order valence-corrected chi connectivity index (χ4v) is 3.68. The average Bonchev–Trinajstić information content (AvgIpc) is 2.84. The Hall–Kier alpha value is -3.41. The smallest absolute Gasteiger partial charge is 0.322 e. The largest absolute Gasteiger partial charge is 0.416 e. The van der Waals surface area contributed by atoms with Crippen LogP contribution in [-0.4, -0.2) is 34.1 Å². The molecule has 0 unspecified atom stereocenters. The van der Waals surface area contributed by atoms with Crippen molar-refractivity contribution in [3.05, 3.63) is 87.2 Å². The monoisotopic (exact) mass is 514 g/mol. The Labute approximate surface area is 213 Å². The van der Waals surface area contributed by atoms with Gasteiger partial charge in [-0.3, -0.25) is 9.69 Å². The Morgan fingerprint density at radius 2 is 1.83 bits per heavy atom. The molecular weight excluding hydrogens is 489 g/mol. The lowest BCUT2D eigenvalue weighted by Crippen LogP contribution is -2.25. The molecule has 5 nitrogen and oxygen atoms in total. The van der Waals surface area contributed by atoms with Crippen molar-refractivity contribution in [3.8, 4) is 11.8 Å². The molecule has 1 N–H and O–H groups in total. The highest BCUT2D eigenvalue weighted by Crippen LogP contribution is 2.34. The second kappa shape index (κ2) is 12.0. The van der Waals surface area contributed by atoms with E-state index in [1.54, 1.807) is 30.3 Å². The lowest BCUT2D eigenvalue weighted by molar-refractivity contribution is -0.138. The molecule has 2 aromatic carbocycles. The molecule has 0 atom stereocenters. The highest BCUT2D eigenvalue weighted by molar-refractivity contribution is 6.29. The third kappa shape index (κ3) is 7.30. The number of anilines is 1. The number of hydrogen-bond acceptors (Lipinski definition) is 4. The van der Waals surface area contributed by atoms with Crippen LogP contribution in [0.1, 0.15) is 58.6 Å². The zero-order valence-electron chi connectivity index (χ0n) is 20.2. The van der Waals surface area contributed by atoms with Gasteiger partial charge < -0.3 is 5.32 Å². The SMILES string of the molecule is CCCN(CC)Cc1ccc(NC(=O)c2ccc(C)c(C#Cc3ccc(Cl)nn3)c2)cc1C(F)(F)F. The van der Waals surface area contributed by atoms with Gasteiger partial charge >= 0.3 is 6.18 Å². The van der Waals surface area contributed by atoms with E-state index in [1.165, 1.54) is 12.1 Å². The molecule has 0 fully saturated rings. The first-order valence-corrected chi connectivity index (χ1v) is 11.8. The Bertz CT molecular complexity index is 1280. The van der Waals surface area contributed by atoms with Gasteiger partial charge in [0.15, 0.2) is 5.15 Å². The van der Waals surface area contributed by atoms with E-state index in [9.17, 15) is 18.0 Å². The molecule has 0 saturated carbocycles. The number of aryl methyl sites for hydroxylation is 1. The van der Waals surface area contributed by atoms with Crippen LogP contribution in [0.4, 0.5) is 18.9 Å². The van der Waals surface area contributed by atoms with Crippen LogP contribution in [0.5, 0.6) is 0 Å². The van der Waals surface area contributed by atoms with Crippen molar-refractivity contribution in [2.45, 2.75) is 39.9 Å². The summed E-state index contributed by atoms with van der Waals surface area (Å²) in [6.45, 7) is 7.28. The Kier molecular flexibility index (Phi) is 9.08. The quantitative estimate of drug-likeness (QED) is 0.374. The molecule has 0 saturated heterocycles. The fourth-order valence-electron chi connectivity index (χ4n) is 3.58. The third-order valence-corrected chi connectivity index (χ3v) is 5.71. The van der Waals surface area contributed by atoms with E-state index >= 15 is 0 Å². The maximum Gasteiger partial charge on any atom is 0.416 e. The Morgan fingerprint density at radius 3 is 2.47 bits per heavy atom. The topological polar surface area (TPSA) is 58.1 Å². The van der Waals surface area contributed by atoms with E-state index < -0.39 is 17.6 Å². The highest BCUT2D eigenvalue weighted by atomic mass is 35.5. The van der Waals surface area contributed by atoms with Gasteiger partial charge in [0.25, 0.3) is 5.91 Å². The predicted molar refractivity (Wildman–Crippen MR) is 135 cm³/mol. The number of benzene rings is 2. The molecule has 0 spiro atoms. The van der Waals surface area contributed by atoms with E-state index in [4.69, 9.17) is 11.6 Å². The standard InChI is InChI=1S/C27H26ClF3N4O/c1-4-14-35(5-2)17-21-9-11-23(16-24(21)27(29,30)31)32-26(36)20-7-6-18(3)19(15-20)8-10-22-12-13-25(28)34-33-22/h6-7,9,11-13,15-16H,4-5,14,17H2,1-3H3,(H,32,36). The molecule has 9 heteroatoms. The minimum Gasteiger partial charge on any atom is -0.322 e. The van der Waals surface area contributed by atoms with Crippen LogP contribution < -0.4 is 5.32 Å². The van der Waals surface area contributed by atoms with Crippen LogP contribution in [0.2, 0.25) is 5.15 Å². The molecule has 188 valence electrons. The molecule has 1 amide bonds. The van der Waals surface area contributed by atoms with Crippen molar-refractivity contribution in [3.63, 3.8) is 0 Å². The van der Waals surface area contributed by atoms with Crippen LogP contribution in [0, 0.1) is 18.8 Å². The van der Waals surface area contributed by atoms with E-state index in [-0.39, 0.29) is 28.5 Å². The van der Waals surface area contributed by atoms with Crippen molar-refractivity contribution < 1.29 is 18.0 Å². The Morgan fingerprint density at radius 1 is 1.06 bits per heavy atom. The molecule has 1 heterocycles. The van der Waals surface area contributed by atoms with E-state index in [1.807, 2.05) is 25.7 Å². The summed E-state index contributed by atoms with van der Waals surface area (Å²) in [5.41, 5.74) is 1.58. The number of rotatable bonds is 7. The molecule has 3 aromatic rings. The number of amides is 1. The number of hydrogen-bond donors (Lipinski definition) is 1. The second-order valence-electron chi connectivity index (χ2n) is 8.21. The van der Waals surface area contributed by atoms with Crippen LogP contribution in [0.25, 0.3) is 0 Å². The van der Waals surface area contributed by atoms with Crippen LogP contribution >= 0.6 is 11.6 Å². The first kappa shape index (κ1) is 27.2. The van der Waals surface area contributed by atoms with Crippen LogP contribution in [0.15, 0.2) is 48.5 Å². The molecule has 0 aliphatic heterocycles. The van der Waals surface area contributed by atoms with Crippen molar-refractivity contribution in [1.82, 2.24) is 15.1 Å². The van der Waals surface area contributed by atoms with Gasteiger partial charge in [-0.15, -0.1) is 10.2 Å². The summed E-state index contributed by atoms with van der Waals surface area (Å²) >= 11 is 5.73. The summed E-state index contributed by atoms with van der Waals surface area (Å²) < 4.78 is 41.4. The number of nitrogens with one attached hydrogen (secondary N) is 1. The number of halogens is 4. The third-order valence-electron chi connectivity index (χ3n) is 5.51. The van der Waals surface area contributed by atoms with Gasteiger partial charge in [0, 0.05) is 23.4 Å². The lowest BCUT2D eigenvalue weighted by Gasteiger charge is -2.22. The lowest BCUT2D eigenvalue weighted by atomic mass is 10.0. The normalized spacial score (nSPS) is 11.2. The average molecular weight is 515 g/mol. The van der Waals surface area contributed by atoms with Gasteiger partial charge in [-0.25, -0.2) is 0 Å². The van der Waals surface area contributed by atoms with E-state index in [0.29, 0.717) is 24.3 Å². The van der Waals surface area contributed by atoms with E-state index in [0.717, 1.165) is 18.1 Å². The van der Waals surface area contributed by atoms with Crippen molar-refractivity contribution in [2.75, 3.05) is 18.4 Å². The van der Waals surface area contributed by atoms with Gasteiger partial charge in [0.1, 0.15) is 5.69 Å². The Balaban J connectivity index is 1.83. The van der Waals surface area contributed by atoms with Crippen molar-refractivity contribution in [1.29, 1.82) is 0 Å². The molecule has 0 bridgehead atoms. The molecule has 0 aliphatic carbocycles. The second-order valence-corrected chi connectivity index (χ2v) is 8.60. The number of carbonyl (C=O) groups is 1. The fraction of sp³-hybridized carbons (Fsp3) is 0.296. The zero-order valence-corrected chi connectivity index (χ0v) is 21.0. The molecular formula is C27H26ClF3N4O. The van der Waals surface area contributed by atoms with Gasteiger partial charge in [-0.05, 0) is 79.9 Å². The summed E-state index contributed by atoms with van der Waals surface area (Å²) in [4.78, 5) is 14.8. The molecule has 0 aliphatic rings. The predicted octanol–water partition coefficient (Wildman–Crippen LogP) is 6.34. The van der Waals surface area contributed by atoms with Gasteiger partial charge in [0.2, 0.25) is 0 Å². The maximum atomic E-state index is 13.8. The van der Waals surface area contributed by atoms with Gasteiger partial charge in [-0.1, -0.05) is 43.5 Å². The minimum atomic E-state index is -4.54. The zero-order chi connectivity index (χ0) is 26.3. The summed E-state index contributed by atoms with van der Waals surface area (Å²) in [6, 6.07) is 12.0. The van der Waals surface area contributed by atoms with Crippen molar-refractivity contribution in [2.24, 2.45) is 0 Å². The summed E-state index contributed by atoms with van der Waals surface area (Å²) in [6.07, 6.45) is -3.70. The summed E-state index contributed by atoms with van der Waals surface area (Å²) in [5, 5.41) is 10.4. The maximum absolute atomic E-state index is 13.8. The van der Waals surface area contributed by atoms with Crippen molar-refractivity contribution >= 4 is 23.2 Å². The van der Waals surface area contributed by atoms with Gasteiger partial charge in [-0.2, -0.15) is 13.2 Å². The first-order chi connectivity index (χ1) is 17.1. The number of carbonyl (C=O) groups excluding carboxylic acids is 1. The number of alkyl halides is 3. The molecule has 36 heavy (non-hydrogen) atoms. The number of aromatic nitrogens is 2. The number of nitrogens with zero attached hydrogens (tertiary/aromatic N) is 3. The van der Waals surface area contributed by atoms with Gasteiger partial charge in [0.05, 0.1) is 5.56 Å². The summed E-state index contributed by atoms with van der Waals surface area (Å²) in [7, 11) is 0. The molecule has 3 rings (SSSR count). The molecule has 1 aromatic heterocycles. The molecule has 0 radical (unpaired) electrons.